The van der Waals surface area contributed by atoms with E-state index < -0.39 is 17.4 Å². The summed E-state index contributed by atoms with van der Waals surface area (Å²) in [7, 11) is 0. The van der Waals surface area contributed by atoms with Crippen molar-refractivity contribution in [2.45, 2.75) is 58.4 Å². The van der Waals surface area contributed by atoms with Gasteiger partial charge in [-0.05, 0) is 44.9 Å². The van der Waals surface area contributed by atoms with Gasteiger partial charge in [0.25, 0.3) is 5.91 Å². The summed E-state index contributed by atoms with van der Waals surface area (Å²) < 4.78 is 5.05. The van der Waals surface area contributed by atoms with Crippen LogP contribution in [0.1, 0.15) is 61.3 Å². The van der Waals surface area contributed by atoms with Crippen LogP contribution in [0.5, 0.6) is 0 Å². The van der Waals surface area contributed by atoms with Crippen LogP contribution in [0.15, 0.2) is 4.52 Å². The Balaban J connectivity index is 2.23. The molecule has 2 rings (SSSR count). The molecule has 21 heavy (non-hydrogen) atoms. The second kappa shape index (κ2) is 5.87. The van der Waals surface area contributed by atoms with Crippen LogP contribution in [0.3, 0.4) is 0 Å². The first-order valence-electron chi connectivity index (χ1n) is 7.40. The van der Waals surface area contributed by atoms with Crippen molar-refractivity contribution in [1.29, 1.82) is 0 Å². The van der Waals surface area contributed by atoms with Gasteiger partial charge in [-0.15, -0.1) is 0 Å². The molecule has 0 bridgehead atoms. The second-order valence-electron chi connectivity index (χ2n) is 5.94. The molecule has 1 aliphatic rings. The lowest BCUT2D eigenvalue weighted by molar-refractivity contribution is -0.146. The summed E-state index contributed by atoms with van der Waals surface area (Å²) in [6, 6.07) is 0. The Labute approximate surface area is 123 Å². The van der Waals surface area contributed by atoms with Crippen molar-refractivity contribution in [1.82, 2.24) is 10.5 Å². The van der Waals surface area contributed by atoms with Crippen molar-refractivity contribution in [3.05, 3.63) is 17.0 Å². The topological polar surface area (TPSA) is 92.4 Å². The Morgan fingerprint density at radius 1 is 1.43 bits per heavy atom. The summed E-state index contributed by atoms with van der Waals surface area (Å²) >= 11 is 0. The summed E-state index contributed by atoms with van der Waals surface area (Å²) in [4.78, 5) is 24.2. The Hall–Kier alpha value is -1.85. The Morgan fingerprint density at radius 3 is 2.57 bits per heavy atom. The average Bonchev–Trinajstić information content (AvgIpc) is 2.82. The van der Waals surface area contributed by atoms with Gasteiger partial charge in [-0.2, -0.15) is 0 Å². The lowest BCUT2D eigenvalue weighted by atomic mass is 9.77. The fourth-order valence-corrected chi connectivity index (χ4v) is 2.88. The van der Waals surface area contributed by atoms with Gasteiger partial charge in [0.05, 0.1) is 5.69 Å². The summed E-state index contributed by atoms with van der Waals surface area (Å²) in [5.41, 5.74) is -0.232. The Morgan fingerprint density at radius 2 is 2.05 bits per heavy atom. The maximum absolute atomic E-state index is 12.5. The van der Waals surface area contributed by atoms with Gasteiger partial charge in [-0.3, -0.25) is 4.79 Å². The number of rotatable bonds is 4. The molecule has 0 aromatic carbocycles. The SMILES string of the molecule is CCc1noc(C)c1C(=O)NC1(C(=O)O)CCC(C)CC1. The van der Waals surface area contributed by atoms with Crippen LogP contribution >= 0.6 is 0 Å². The quantitative estimate of drug-likeness (QED) is 0.889. The van der Waals surface area contributed by atoms with Crippen molar-refractivity contribution in [2.24, 2.45) is 5.92 Å². The number of carbonyl (C=O) groups is 2. The number of aromatic nitrogens is 1. The zero-order valence-electron chi connectivity index (χ0n) is 12.7. The van der Waals surface area contributed by atoms with Gasteiger partial charge in [-0.25, -0.2) is 4.79 Å². The van der Waals surface area contributed by atoms with Crippen LogP contribution in [0, 0.1) is 12.8 Å². The van der Waals surface area contributed by atoms with Gasteiger partial charge in [0.15, 0.2) is 0 Å². The van der Waals surface area contributed by atoms with Crippen LogP contribution < -0.4 is 5.32 Å². The molecule has 0 atom stereocenters. The molecule has 0 saturated heterocycles. The number of amides is 1. The third kappa shape index (κ3) is 2.94. The van der Waals surface area contributed by atoms with E-state index in [-0.39, 0.29) is 0 Å². The molecule has 1 aliphatic carbocycles. The molecule has 1 fully saturated rings. The van der Waals surface area contributed by atoms with E-state index in [9.17, 15) is 14.7 Å². The molecular weight excluding hydrogens is 272 g/mol. The average molecular weight is 294 g/mol. The molecule has 2 N–H and O–H groups in total. The van der Waals surface area contributed by atoms with Crippen molar-refractivity contribution in [2.75, 3.05) is 0 Å². The number of hydrogen-bond acceptors (Lipinski definition) is 4. The first-order valence-corrected chi connectivity index (χ1v) is 7.40. The first-order chi connectivity index (χ1) is 9.89. The first kappa shape index (κ1) is 15.5. The molecular formula is C15H22N2O4. The Kier molecular flexibility index (Phi) is 4.34. The molecule has 116 valence electrons. The Bertz CT molecular complexity index is 542. The predicted molar refractivity (Wildman–Crippen MR) is 76.1 cm³/mol. The summed E-state index contributed by atoms with van der Waals surface area (Å²) in [5.74, 6) is -0.440. The number of carboxylic acid groups (broad SMARTS) is 1. The highest BCUT2D eigenvalue weighted by Gasteiger charge is 2.43. The number of aliphatic carboxylic acids is 1. The van der Waals surface area contributed by atoms with Gasteiger partial charge in [0.1, 0.15) is 16.9 Å². The summed E-state index contributed by atoms with van der Waals surface area (Å²) in [5, 5.41) is 16.1. The minimum absolute atomic E-state index is 0.372. The smallest absolute Gasteiger partial charge is 0.329 e. The normalized spacial score (nSPS) is 25.6. The molecule has 6 nitrogen and oxygen atoms in total. The van der Waals surface area contributed by atoms with Crippen LogP contribution in [0.2, 0.25) is 0 Å². The van der Waals surface area contributed by atoms with E-state index in [1.165, 1.54) is 0 Å². The van der Waals surface area contributed by atoms with Crippen molar-refractivity contribution in [3.63, 3.8) is 0 Å². The van der Waals surface area contributed by atoms with E-state index in [1.54, 1.807) is 6.92 Å². The molecule has 0 spiro atoms. The van der Waals surface area contributed by atoms with E-state index in [4.69, 9.17) is 4.52 Å². The molecule has 0 aliphatic heterocycles. The number of carboxylic acids is 1. The van der Waals surface area contributed by atoms with Crippen LogP contribution in [0.4, 0.5) is 0 Å². The highest BCUT2D eigenvalue weighted by molar-refractivity contribution is 5.99. The van der Waals surface area contributed by atoms with E-state index in [2.05, 4.69) is 17.4 Å². The standard InChI is InChI=1S/C15H22N2O4/c1-4-11-12(10(3)21-17-11)13(18)16-15(14(19)20)7-5-9(2)6-8-15/h9H,4-8H2,1-3H3,(H,16,18)(H,19,20). The zero-order chi connectivity index (χ0) is 15.6. The number of aryl methyl sites for hydroxylation is 2. The second-order valence-corrected chi connectivity index (χ2v) is 5.94. The van der Waals surface area contributed by atoms with Crippen LogP contribution in [-0.4, -0.2) is 27.7 Å². The zero-order valence-corrected chi connectivity index (χ0v) is 12.7. The molecule has 0 unspecified atom stereocenters. The van der Waals surface area contributed by atoms with Gasteiger partial charge in [0.2, 0.25) is 0 Å². The molecule has 0 radical (unpaired) electrons. The van der Waals surface area contributed by atoms with Crippen LogP contribution in [-0.2, 0) is 11.2 Å². The maximum atomic E-state index is 12.5. The lowest BCUT2D eigenvalue weighted by Gasteiger charge is -2.36. The largest absolute Gasteiger partial charge is 0.480 e. The summed E-state index contributed by atoms with van der Waals surface area (Å²) in [6.07, 6.45) is 3.09. The predicted octanol–water partition coefficient (Wildman–Crippen LogP) is 2.31. The van der Waals surface area contributed by atoms with Crippen molar-refractivity contribution >= 4 is 11.9 Å². The number of hydrogen-bond donors (Lipinski definition) is 2. The molecule has 1 saturated carbocycles. The van der Waals surface area contributed by atoms with Crippen LogP contribution in [0.25, 0.3) is 0 Å². The van der Waals surface area contributed by atoms with Gasteiger partial charge in [0, 0.05) is 0 Å². The van der Waals surface area contributed by atoms with Crippen molar-refractivity contribution < 1.29 is 19.2 Å². The molecule has 1 amide bonds. The van der Waals surface area contributed by atoms with E-state index in [1.807, 2.05) is 6.92 Å². The highest BCUT2D eigenvalue weighted by atomic mass is 16.5. The molecule has 1 aromatic rings. The summed E-state index contributed by atoms with van der Waals surface area (Å²) in [6.45, 7) is 5.65. The molecule has 6 heteroatoms. The van der Waals surface area contributed by atoms with E-state index in [0.717, 1.165) is 12.8 Å². The number of nitrogens with zero attached hydrogens (tertiary/aromatic N) is 1. The number of carbonyl (C=O) groups excluding carboxylic acids is 1. The minimum atomic E-state index is -1.17. The molecule has 1 aromatic heterocycles. The monoisotopic (exact) mass is 294 g/mol. The highest BCUT2D eigenvalue weighted by Crippen LogP contribution is 2.32. The number of nitrogens with one attached hydrogen (secondary N) is 1. The molecule has 1 heterocycles. The van der Waals surface area contributed by atoms with E-state index >= 15 is 0 Å². The van der Waals surface area contributed by atoms with E-state index in [0.29, 0.717) is 42.2 Å². The lowest BCUT2D eigenvalue weighted by Crippen LogP contribution is -2.56. The van der Waals surface area contributed by atoms with Crippen molar-refractivity contribution in [3.8, 4) is 0 Å². The minimum Gasteiger partial charge on any atom is -0.480 e. The third-order valence-electron chi connectivity index (χ3n) is 4.39. The fourth-order valence-electron chi connectivity index (χ4n) is 2.88. The van der Waals surface area contributed by atoms with Gasteiger partial charge >= 0.3 is 5.97 Å². The fraction of sp³-hybridized carbons (Fsp3) is 0.667. The van der Waals surface area contributed by atoms with Gasteiger partial charge in [-0.1, -0.05) is 19.0 Å². The third-order valence-corrected chi connectivity index (χ3v) is 4.39. The maximum Gasteiger partial charge on any atom is 0.329 e. The van der Waals surface area contributed by atoms with Gasteiger partial charge < -0.3 is 14.9 Å².